The summed E-state index contributed by atoms with van der Waals surface area (Å²) in [7, 11) is -3.45. The number of aryl methyl sites for hydroxylation is 1. The number of aliphatic imine (C=N–C) groups is 2. The normalized spacial score (nSPS) is 23.7. The lowest BCUT2D eigenvalue weighted by atomic mass is 10.2. The van der Waals surface area contributed by atoms with Gasteiger partial charge in [0.05, 0.1) is 10.9 Å². The molecule has 1 atom stereocenters. The first-order valence-electron chi connectivity index (χ1n) is 8.86. The molecule has 138 valence electrons. The second-order valence-corrected chi connectivity index (χ2v) is 8.85. The molecule has 26 heavy (non-hydrogen) atoms. The van der Waals surface area contributed by atoms with Gasteiger partial charge in [0.25, 0.3) is 0 Å². The minimum Gasteiger partial charge on any atom is -0.351 e. The van der Waals surface area contributed by atoms with Crippen molar-refractivity contribution in [3.8, 4) is 0 Å². The third-order valence-corrected chi connectivity index (χ3v) is 6.78. The van der Waals surface area contributed by atoms with E-state index in [0.717, 1.165) is 23.8 Å². The number of amidine groups is 2. The molecule has 3 aliphatic heterocycles. The van der Waals surface area contributed by atoms with Crippen LogP contribution in [0.25, 0.3) is 0 Å². The molecule has 0 saturated carbocycles. The van der Waals surface area contributed by atoms with Gasteiger partial charge >= 0.3 is 0 Å². The van der Waals surface area contributed by atoms with Crippen molar-refractivity contribution in [2.75, 3.05) is 32.7 Å². The van der Waals surface area contributed by atoms with Crippen LogP contribution in [0.2, 0.25) is 0 Å². The molecule has 0 aliphatic carbocycles. The SMILES string of the molecule is Cc1cccc(S(=O)(=O)N2CCN(C3=NC=CN4C[C@@H](C)N=C34)CC2)c1. The predicted molar refractivity (Wildman–Crippen MR) is 102 cm³/mol. The van der Waals surface area contributed by atoms with Crippen LogP contribution in [-0.2, 0) is 10.0 Å². The molecule has 8 heteroatoms. The second kappa shape index (κ2) is 6.51. The van der Waals surface area contributed by atoms with Crippen molar-refractivity contribution in [2.45, 2.75) is 24.8 Å². The molecule has 7 nitrogen and oxygen atoms in total. The standard InChI is InChI=1S/C18H23N5O2S/c1-14-4-3-5-16(12-14)26(24,25)23-10-8-21(9-11-23)17-18-20-15(2)13-22(18)7-6-19-17/h3-7,12,15H,8-11,13H2,1-2H3/t15-/m1/s1. The molecule has 0 aromatic heterocycles. The minimum atomic E-state index is -3.45. The molecule has 3 heterocycles. The highest BCUT2D eigenvalue weighted by Gasteiger charge is 2.34. The van der Waals surface area contributed by atoms with Crippen LogP contribution in [0.5, 0.6) is 0 Å². The molecule has 3 aliphatic rings. The van der Waals surface area contributed by atoms with Gasteiger partial charge in [-0.05, 0) is 31.5 Å². The fourth-order valence-corrected chi connectivity index (χ4v) is 5.07. The van der Waals surface area contributed by atoms with Gasteiger partial charge in [0.15, 0.2) is 11.7 Å². The van der Waals surface area contributed by atoms with Crippen molar-refractivity contribution >= 4 is 21.7 Å². The summed E-state index contributed by atoms with van der Waals surface area (Å²) < 4.78 is 27.3. The van der Waals surface area contributed by atoms with Gasteiger partial charge in [-0.2, -0.15) is 4.31 Å². The van der Waals surface area contributed by atoms with Gasteiger partial charge in [0, 0.05) is 45.1 Å². The lowest BCUT2D eigenvalue weighted by molar-refractivity contribution is 0.267. The van der Waals surface area contributed by atoms with Gasteiger partial charge in [-0.25, -0.2) is 13.4 Å². The number of rotatable bonds is 2. The van der Waals surface area contributed by atoms with Crippen LogP contribution >= 0.6 is 0 Å². The van der Waals surface area contributed by atoms with Crippen LogP contribution in [0.3, 0.4) is 0 Å². The number of fused-ring (bicyclic) bond motifs is 1. The van der Waals surface area contributed by atoms with E-state index in [9.17, 15) is 8.42 Å². The topological polar surface area (TPSA) is 68.6 Å². The van der Waals surface area contributed by atoms with Crippen LogP contribution in [0.1, 0.15) is 12.5 Å². The van der Waals surface area contributed by atoms with Gasteiger partial charge < -0.3 is 9.80 Å². The van der Waals surface area contributed by atoms with E-state index in [1.807, 2.05) is 19.2 Å². The van der Waals surface area contributed by atoms with E-state index in [-0.39, 0.29) is 6.04 Å². The number of piperazine rings is 1. The summed E-state index contributed by atoms with van der Waals surface area (Å²) in [6, 6.07) is 7.33. The molecule has 0 amide bonds. The highest BCUT2D eigenvalue weighted by Crippen LogP contribution is 2.21. The van der Waals surface area contributed by atoms with E-state index in [1.165, 1.54) is 0 Å². The molecule has 0 N–H and O–H groups in total. The lowest BCUT2D eigenvalue weighted by Crippen LogP contribution is -2.53. The van der Waals surface area contributed by atoms with Crippen LogP contribution in [0, 0.1) is 6.92 Å². The van der Waals surface area contributed by atoms with Crippen LogP contribution in [-0.4, -0.2) is 73.0 Å². The molecule has 4 rings (SSSR count). The Morgan fingerprint density at radius 1 is 1.12 bits per heavy atom. The maximum atomic E-state index is 12.9. The Kier molecular flexibility index (Phi) is 4.32. The monoisotopic (exact) mass is 373 g/mol. The average molecular weight is 373 g/mol. The van der Waals surface area contributed by atoms with E-state index in [4.69, 9.17) is 0 Å². The maximum absolute atomic E-state index is 12.9. The Labute approximate surface area is 154 Å². The summed E-state index contributed by atoms with van der Waals surface area (Å²) in [5.74, 6) is 1.75. The smallest absolute Gasteiger partial charge is 0.243 e. The fourth-order valence-electron chi connectivity index (χ4n) is 3.54. The molecule has 1 aromatic carbocycles. The highest BCUT2D eigenvalue weighted by atomic mass is 32.2. The van der Waals surface area contributed by atoms with Gasteiger partial charge in [0.2, 0.25) is 10.0 Å². The second-order valence-electron chi connectivity index (χ2n) is 6.91. The Morgan fingerprint density at radius 3 is 2.62 bits per heavy atom. The van der Waals surface area contributed by atoms with Crippen molar-refractivity contribution in [1.82, 2.24) is 14.1 Å². The summed E-state index contributed by atoms with van der Waals surface area (Å²) in [6.45, 7) is 6.97. The quantitative estimate of drug-likeness (QED) is 0.783. The molecule has 1 fully saturated rings. The van der Waals surface area contributed by atoms with Crippen molar-refractivity contribution in [3.63, 3.8) is 0 Å². The van der Waals surface area contributed by atoms with Crippen molar-refractivity contribution < 1.29 is 8.42 Å². The Hall–Kier alpha value is -2.19. The fraction of sp³-hybridized carbons (Fsp3) is 0.444. The van der Waals surface area contributed by atoms with E-state index in [2.05, 4.69) is 26.7 Å². The molecular formula is C18H23N5O2S. The summed E-state index contributed by atoms with van der Waals surface area (Å²) in [6.07, 6.45) is 3.74. The lowest BCUT2D eigenvalue weighted by Gasteiger charge is -2.37. The van der Waals surface area contributed by atoms with Crippen LogP contribution in [0.4, 0.5) is 0 Å². The zero-order chi connectivity index (χ0) is 18.3. The third-order valence-electron chi connectivity index (χ3n) is 4.88. The first-order chi connectivity index (χ1) is 12.4. The molecule has 0 unspecified atom stereocenters. The number of hydrogen-bond donors (Lipinski definition) is 0. The summed E-state index contributed by atoms with van der Waals surface area (Å²) in [5.41, 5.74) is 0.946. The highest BCUT2D eigenvalue weighted by molar-refractivity contribution is 7.89. The summed E-state index contributed by atoms with van der Waals surface area (Å²) in [4.78, 5) is 13.8. The zero-order valence-electron chi connectivity index (χ0n) is 15.0. The van der Waals surface area contributed by atoms with E-state index in [0.29, 0.717) is 31.1 Å². The Balaban J connectivity index is 1.49. The largest absolute Gasteiger partial charge is 0.351 e. The van der Waals surface area contributed by atoms with E-state index < -0.39 is 10.0 Å². The summed E-state index contributed by atoms with van der Waals surface area (Å²) >= 11 is 0. The Morgan fingerprint density at radius 2 is 1.88 bits per heavy atom. The van der Waals surface area contributed by atoms with Gasteiger partial charge in [0.1, 0.15) is 0 Å². The Bertz CT molecular complexity index is 898. The first kappa shape index (κ1) is 17.2. The number of benzene rings is 1. The number of nitrogens with zero attached hydrogens (tertiary/aromatic N) is 5. The van der Waals surface area contributed by atoms with Crippen LogP contribution in [0.15, 0.2) is 51.5 Å². The van der Waals surface area contributed by atoms with Crippen molar-refractivity contribution in [2.24, 2.45) is 9.98 Å². The van der Waals surface area contributed by atoms with Gasteiger partial charge in [-0.1, -0.05) is 12.1 Å². The first-order valence-corrected chi connectivity index (χ1v) is 10.3. The molecule has 0 radical (unpaired) electrons. The molecule has 1 saturated heterocycles. The molecule has 0 spiro atoms. The molecule has 1 aromatic rings. The third kappa shape index (κ3) is 3.03. The summed E-state index contributed by atoms with van der Waals surface area (Å²) in [5, 5.41) is 0. The van der Waals surface area contributed by atoms with E-state index in [1.54, 1.807) is 28.7 Å². The van der Waals surface area contributed by atoms with Gasteiger partial charge in [-0.15, -0.1) is 0 Å². The van der Waals surface area contributed by atoms with Crippen molar-refractivity contribution in [3.05, 3.63) is 42.2 Å². The molecule has 0 bridgehead atoms. The zero-order valence-corrected chi connectivity index (χ0v) is 15.9. The van der Waals surface area contributed by atoms with Gasteiger partial charge in [-0.3, -0.25) is 4.99 Å². The average Bonchev–Trinajstić information content (AvgIpc) is 3.02. The predicted octanol–water partition coefficient (Wildman–Crippen LogP) is 1.29. The number of sulfonamides is 1. The van der Waals surface area contributed by atoms with Crippen molar-refractivity contribution in [1.29, 1.82) is 0 Å². The minimum absolute atomic E-state index is 0.251. The van der Waals surface area contributed by atoms with Crippen LogP contribution < -0.4 is 0 Å². The molecular weight excluding hydrogens is 350 g/mol. The number of hydrogen-bond acceptors (Lipinski definition) is 6. The van der Waals surface area contributed by atoms with E-state index >= 15 is 0 Å². The maximum Gasteiger partial charge on any atom is 0.243 e.